The molecule has 7 heteroatoms. The third-order valence-electron chi connectivity index (χ3n) is 2.59. The van der Waals surface area contributed by atoms with Gasteiger partial charge >= 0.3 is 5.97 Å². The van der Waals surface area contributed by atoms with E-state index in [1.807, 2.05) is 0 Å². The van der Waals surface area contributed by atoms with Crippen molar-refractivity contribution in [3.05, 3.63) is 52.3 Å². The van der Waals surface area contributed by atoms with E-state index in [-0.39, 0.29) is 17.2 Å². The number of aryl methyl sites for hydroxylation is 1. The molecule has 0 atom stereocenters. The zero-order valence-electron chi connectivity index (χ0n) is 10.9. The van der Waals surface area contributed by atoms with Gasteiger partial charge in [-0.25, -0.2) is 14.2 Å². The molecule has 0 aliphatic rings. The van der Waals surface area contributed by atoms with Crippen LogP contribution in [-0.4, -0.2) is 22.6 Å². The summed E-state index contributed by atoms with van der Waals surface area (Å²) in [7, 11) is 2.67. The molecule has 0 spiro atoms. The maximum Gasteiger partial charge on any atom is 0.358 e. The lowest BCUT2D eigenvalue weighted by atomic mass is 10.3. The molecule has 0 amide bonds. The maximum atomic E-state index is 13.5. The zero-order chi connectivity index (χ0) is 14.7. The Bertz CT molecular complexity index is 712. The number of rotatable bonds is 3. The van der Waals surface area contributed by atoms with E-state index >= 15 is 0 Å². The SMILES string of the molecule is COC(=O)c1cn(C)c(=O)c(Nc2ccccc2F)n1. The summed E-state index contributed by atoms with van der Waals surface area (Å²) >= 11 is 0. The molecule has 1 heterocycles. The molecule has 0 saturated heterocycles. The van der Waals surface area contributed by atoms with Gasteiger partial charge in [0.25, 0.3) is 5.56 Å². The molecule has 1 N–H and O–H groups in total. The number of nitrogens with zero attached hydrogens (tertiary/aromatic N) is 2. The molecule has 20 heavy (non-hydrogen) atoms. The normalized spacial score (nSPS) is 10.2. The van der Waals surface area contributed by atoms with Crippen molar-refractivity contribution in [3.63, 3.8) is 0 Å². The Morgan fingerprint density at radius 2 is 2.10 bits per heavy atom. The van der Waals surface area contributed by atoms with Crippen molar-refractivity contribution in [2.75, 3.05) is 12.4 Å². The number of hydrogen-bond acceptors (Lipinski definition) is 5. The fraction of sp³-hybridized carbons (Fsp3) is 0.154. The summed E-state index contributed by atoms with van der Waals surface area (Å²) in [4.78, 5) is 27.2. The first-order valence-electron chi connectivity index (χ1n) is 5.70. The first kappa shape index (κ1) is 13.7. The van der Waals surface area contributed by atoms with Crippen LogP contribution in [0.25, 0.3) is 0 Å². The standard InChI is InChI=1S/C13H12FN3O3/c1-17-7-10(13(19)20-2)16-11(12(17)18)15-9-6-4-3-5-8(9)14/h3-7H,1-2H3,(H,15,16). The maximum absolute atomic E-state index is 13.5. The second-order valence-electron chi connectivity index (χ2n) is 3.99. The summed E-state index contributed by atoms with van der Waals surface area (Å²) in [5, 5.41) is 2.57. The van der Waals surface area contributed by atoms with Crippen molar-refractivity contribution in [1.82, 2.24) is 9.55 Å². The number of esters is 1. The average molecular weight is 277 g/mol. The van der Waals surface area contributed by atoms with Gasteiger partial charge in [0, 0.05) is 13.2 Å². The number of methoxy groups -OCH3 is 1. The minimum Gasteiger partial charge on any atom is -0.464 e. The van der Waals surface area contributed by atoms with Crippen molar-refractivity contribution in [1.29, 1.82) is 0 Å². The van der Waals surface area contributed by atoms with Gasteiger partial charge < -0.3 is 14.6 Å². The Hall–Kier alpha value is -2.70. The number of ether oxygens (including phenoxy) is 1. The Labute approximate surface area is 113 Å². The fourth-order valence-electron chi connectivity index (χ4n) is 1.58. The van der Waals surface area contributed by atoms with Gasteiger partial charge in [0.2, 0.25) is 0 Å². The van der Waals surface area contributed by atoms with Gasteiger partial charge in [0.1, 0.15) is 5.82 Å². The molecule has 0 radical (unpaired) electrons. The third-order valence-corrected chi connectivity index (χ3v) is 2.59. The Balaban J connectivity index is 2.46. The summed E-state index contributed by atoms with van der Waals surface area (Å²) < 4.78 is 19.3. The lowest BCUT2D eigenvalue weighted by Crippen LogP contribution is -2.24. The van der Waals surface area contributed by atoms with E-state index in [0.717, 1.165) is 0 Å². The van der Waals surface area contributed by atoms with E-state index in [9.17, 15) is 14.0 Å². The molecule has 104 valence electrons. The number of carbonyl (C=O) groups is 1. The minimum absolute atomic E-state index is 0.0477. The number of para-hydroxylation sites is 1. The Kier molecular flexibility index (Phi) is 3.79. The zero-order valence-corrected chi connectivity index (χ0v) is 10.9. The van der Waals surface area contributed by atoms with Gasteiger partial charge in [0.15, 0.2) is 11.5 Å². The van der Waals surface area contributed by atoms with E-state index in [0.29, 0.717) is 0 Å². The van der Waals surface area contributed by atoms with Crippen molar-refractivity contribution in [2.45, 2.75) is 0 Å². The molecule has 2 rings (SSSR count). The van der Waals surface area contributed by atoms with Crippen LogP contribution in [0.5, 0.6) is 0 Å². The van der Waals surface area contributed by atoms with E-state index in [2.05, 4.69) is 15.0 Å². The van der Waals surface area contributed by atoms with Gasteiger partial charge in [-0.3, -0.25) is 4.79 Å². The molecule has 2 aromatic rings. The summed E-state index contributed by atoms with van der Waals surface area (Å²) in [6.45, 7) is 0. The summed E-state index contributed by atoms with van der Waals surface area (Å²) in [5.41, 5.74) is -0.437. The number of nitrogens with one attached hydrogen (secondary N) is 1. The quantitative estimate of drug-likeness (QED) is 0.860. The summed E-state index contributed by atoms with van der Waals surface area (Å²) in [6.07, 6.45) is 1.25. The third kappa shape index (κ3) is 2.66. The first-order chi connectivity index (χ1) is 9.52. The highest BCUT2D eigenvalue weighted by atomic mass is 19.1. The number of benzene rings is 1. The monoisotopic (exact) mass is 277 g/mol. The van der Waals surface area contributed by atoms with Crippen LogP contribution in [0.4, 0.5) is 15.9 Å². The van der Waals surface area contributed by atoms with Crippen LogP contribution in [0.2, 0.25) is 0 Å². The summed E-state index contributed by atoms with van der Waals surface area (Å²) in [6, 6.07) is 5.84. The van der Waals surface area contributed by atoms with Gasteiger partial charge in [-0.15, -0.1) is 0 Å². The van der Waals surface area contributed by atoms with E-state index in [1.165, 1.54) is 43.1 Å². The molecule has 0 saturated carbocycles. The van der Waals surface area contributed by atoms with Gasteiger partial charge in [-0.2, -0.15) is 0 Å². The van der Waals surface area contributed by atoms with E-state index in [1.54, 1.807) is 6.07 Å². The molecule has 0 aliphatic carbocycles. The second kappa shape index (κ2) is 5.52. The van der Waals surface area contributed by atoms with Gasteiger partial charge in [-0.1, -0.05) is 12.1 Å². The Morgan fingerprint density at radius 3 is 2.75 bits per heavy atom. The number of aromatic nitrogens is 2. The fourth-order valence-corrected chi connectivity index (χ4v) is 1.58. The molecular formula is C13H12FN3O3. The number of halogens is 1. The average Bonchev–Trinajstić information content (AvgIpc) is 2.45. The molecule has 1 aromatic heterocycles. The van der Waals surface area contributed by atoms with Crippen molar-refractivity contribution in [2.24, 2.45) is 7.05 Å². The second-order valence-corrected chi connectivity index (χ2v) is 3.99. The molecule has 0 fully saturated rings. The molecule has 1 aromatic carbocycles. The van der Waals surface area contributed by atoms with Crippen molar-refractivity contribution in [3.8, 4) is 0 Å². The van der Waals surface area contributed by atoms with Crippen LogP contribution < -0.4 is 10.9 Å². The minimum atomic E-state index is -0.683. The molecule has 0 unspecified atom stereocenters. The first-order valence-corrected chi connectivity index (χ1v) is 5.70. The van der Waals surface area contributed by atoms with Gasteiger partial charge in [-0.05, 0) is 12.1 Å². The number of anilines is 2. The van der Waals surface area contributed by atoms with Gasteiger partial charge in [0.05, 0.1) is 12.8 Å². The predicted octanol–water partition coefficient (Wildman–Crippen LogP) is 1.45. The number of carbonyl (C=O) groups excluding carboxylic acids is 1. The van der Waals surface area contributed by atoms with Crippen LogP contribution in [0.3, 0.4) is 0 Å². The van der Waals surface area contributed by atoms with Crippen LogP contribution in [0.1, 0.15) is 10.5 Å². The van der Waals surface area contributed by atoms with Crippen LogP contribution in [-0.2, 0) is 11.8 Å². The largest absolute Gasteiger partial charge is 0.464 e. The molecule has 0 bridgehead atoms. The van der Waals surface area contributed by atoms with Crippen molar-refractivity contribution >= 4 is 17.5 Å². The highest BCUT2D eigenvalue weighted by molar-refractivity contribution is 5.87. The Morgan fingerprint density at radius 1 is 1.40 bits per heavy atom. The van der Waals surface area contributed by atoms with Crippen molar-refractivity contribution < 1.29 is 13.9 Å². The van der Waals surface area contributed by atoms with E-state index < -0.39 is 17.3 Å². The highest BCUT2D eigenvalue weighted by Crippen LogP contribution is 2.16. The molecular weight excluding hydrogens is 265 g/mol. The molecule has 6 nitrogen and oxygen atoms in total. The van der Waals surface area contributed by atoms with E-state index in [4.69, 9.17) is 0 Å². The topological polar surface area (TPSA) is 73.2 Å². The van der Waals surface area contributed by atoms with Crippen LogP contribution >= 0.6 is 0 Å². The van der Waals surface area contributed by atoms with Crippen LogP contribution in [0.15, 0.2) is 35.3 Å². The highest BCUT2D eigenvalue weighted by Gasteiger charge is 2.14. The van der Waals surface area contributed by atoms with Crippen LogP contribution in [0, 0.1) is 5.82 Å². The molecule has 0 aliphatic heterocycles. The lowest BCUT2D eigenvalue weighted by Gasteiger charge is -2.09. The summed E-state index contributed by atoms with van der Waals surface area (Å²) in [5.74, 6) is -1.36. The smallest absolute Gasteiger partial charge is 0.358 e. The predicted molar refractivity (Wildman–Crippen MR) is 70.5 cm³/mol. The lowest BCUT2D eigenvalue weighted by molar-refractivity contribution is 0.0593. The number of hydrogen-bond donors (Lipinski definition) is 1.